The lowest BCUT2D eigenvalue weighted by atomic mass is 10.1. The zero-order chi connectivity index (χ0) is 12.5. The molecule has 0 aliphatic carbocycles. The second kappa shape index (κ2) is 4.47. The monoisotopic (exact) mass is 227 g/mol. The number of anilines is 1. The SMILES string of the molecule is CC(C)N(C)c1c(F)cc(C(=N)N)cc1F. The second-order valence-corrected chi connectivity index (χ2v) is 3.91. The van der Waals surface area contributed by atoms with Crippen molar-refractivity contribution in [3.8, 4) is 0 Å². The summed E-state index contributed by atoms with van der Waals surface area (Å²) < 4.78 is 27.3. The van der Waals surface area contributed by atoms with E-state index in [1.165, 1.54) is 4.90 Å². The van der Waals surface area contributed by atoms with E-state index in [1.54, 1.807) is 7.05 Å². The number of halogens is 2. The zero-order valence-corrected chi connectivity index (χ0v) is 9.51. The number of nitrogen functional groups attached to an aromatic ring is 1. The molecule has 0 fully saturated rings. The van der Waals surface area contributed by atoms with E-state index in [9.17, 15) is 8.78 Å². The highest BCUT2D eigenvalue weighted by atomic mass is 19.1. The molecular formula is C11H15F2N3. The van der Waals surface area contributed by atoms with Crippen LogP contribution in [-0.4, -0.2) is 18.9 Å². The fourth-order valence-electron chi connectivity index (χ4n) is 1.32. The fourth-order valence-corrected chi connectivity index (χ4v) is 1.32. The van der Waals surface area contributed by atoms with Gasteiger partial charge in [0.05, 0.1) is 0 Å². The van der Waals surface area contributed by atoms with E-state index >= 15 is 0 Å². The van der Waals surface area contributed by atoms with Crippen LogP contribution in [0.3, 0.4) is 0 Å². The van der Waals surface area contributed by atoms with Crippen molar-refractivity contribution >= 4 is 11.5 Å². The van der Waals surface area contributed by atoms with E-state index in [0.717, 1.165) is 12.1 Å². The topological polar surface area (TPSA) is 53.1 Å². The van der Waals surface area contributed by atoms with Gasteiger partial charge in [0, 0.05) is 18.7 Å². The third-order valence-corrected chi connectivity index (χ3v) is 2.46. The maximum absolute atomic E-state index is 13.6. The van der Waals surface area contributed by atoms with Crippen LogP contribution in [0.5, 0.6) is 0 Å². The molecule has 0 amide bonds. The maximum atomic E-state index is 13.6. The molecule has 1 rings (SSSR count). The first-order valence-electron chi connectivity index (χ1n) is 4.91. The minimum atomic E-state index is -0.707. The number of rotatable bonds is 3. The Morgan fingerprint density at radius 1 is 1.31 bits per heavy atom. The van der Waals surface area contributed by atoms with Crippen LogP contribution in [0.2, 0.25) is 0 Å². The molecule has 0 saturated heterocycles. The van der Waals surface area contributed by atoms with Gasteiger partial charge in [-0.3, -0.25) is 5.41 Å². The van der Waals surface area contributed by atoms with E-state index < -0.39 is 11.6 Å². The lowest BCUT2D eigenvalue weighted by Crippen LogP contribution is -2.28. The van der Waals surface area contributed by atoms with Crippen molar-refractivity contribution in [2.24, 2.45) is 5.73 Å². The molecule has 0 heterocycles. The molecule has 3 nitrogen and oxygen atoms in total. The molecule has 0 saturated carbocycles. The molecule has 0 aliphatic rings. The quantitative estimate of drug-likeness (QED) is 0.613. The van der Waals surface area contributed by atoms with E-state index in [2.05, 4.69) is 0 Å². The summed E-state index contributed by atoms with van der Waals surface area (Å²) in [6.45, 7) is 3.66. The van der Waals surface area contributed by atoms with Gasteiger partial charge in [-0.2, -0.15) is 0 Å². The van der Waals surface area contributed by atoms with Crippen molar-refractivity contribution in [1.29, 1.82) is 5.41 Å². The van der Waals surface area contributed by atoms with Gasteiger partial charge >= 0.3 is 0 Å². The molecule has 1 aromatic carbocycles. The molecule has 0 aromatic heterocycles. The van der Waals surface area contributed by atoms with Crippen LogP contribution in [-0.2, 0) is 0 Å². The van der Waals surface area contributed by atoms with Crippen LogP contribution in [0, 0.1) is 17.0 Å². The highest BCUT2D eigenvalue weighted by Gasteiger charge is 2.17. The third kappa shape index (κ3) is 2.29. The molecule has 0 spiro atoms. The zero-order valence-electron chi connectivity index (χ0n) is 9.51. The summed E-state index contributed by atoms with van der Waals surface area (Å²) in [5.41, 5.74) is 5.13. The summed E-state index contributed by atoms with van der Waals surface area (Å²) in [6, 6.07) is 2.12. The molecule has 16 heavy (non-hydrogen) atoms. The second-order valence-electron chi connectivity index (χ2n) is 3.91. The Morgan fingerprint density at radius 3 is 2.06 bits per heavy atom. The van der Waals surface area contributed by atoms with Crippen molar-refractivity contribution in [2.45, 2.75) is 19.9 Å². The minimum absolute atomic E-state index is 0.0211. The first kappa shape index (κ1) is 12.4. The van der Waals surface area contributed by atoms with Gasteiger partial charge in [0.15, 0.2) is 0 Å². The lowest BCUT2D eigenvalue weighted by molar-refractivity contribution is 0.567. The number of hydrogen-bond donors (Lipinski definition) is 2. The lowest BCUT2D eigenvalue weighted by Gasteiger charge is -2.25. The van der Waals surface area contributed by atoms with Gasteiger partial charge in [-0.25, -0.2) is 8.78 Å². The van der Waals surface area contributed by atoms with E-state index in [0.29, 0.717) is 0 Å². The molecule has 0 aliphatic heterocycles. The number of nitrogens with one attached hydrogen (secondary N) is 1. The molecular weight excluding hydrogens is 212 g/mol. The van der Waals surface area contributed by atoms with Crippen molar-refractivity contribution in [2.75, 3.05) is 11.9 Å². The average Bonchev–Trinajstić information content (AvgIpc) is 2.15. The van der Waals surface area contributed by atoms with E-state index in [4.69, 9.17) is 11.1 Å². The number of nitrogens with two attached hydrogens (primary N) is 1. The van der Waals surface area contributed by atoms with E-state index in [-0.39, 0.29) is 23.1 Å². The Hall–Kier alpha value is -1.65. The van der Waals surface area contributed by atoms with E-state index in [1.807, 2.05) is 13.8 Å². The predicted octanol–water partition coefficient (Wildman–Crippen LogP) is 2.09. The molecule has 1 aromatic rings. The fraction of sp³-hybridized carbons (Fsp3) is 0.364. The Morgan fingerprint density at radius 2 is 1.75 bits per heavy atom. The Balaban J connectivity index is 3.28. The van der Waals surface area contributed by atoms with Gasteiger partial charge in [-0.05, 0) is 26.0 Å². The summed E-state index contributed by atoms with van der Waals surface area (Å²) >= 11 is 0. The molecule has 5 heteroatoms. The Bertz CT molecular complexity index is 393. The molecule has 0 bridgehead atoms. The number of hydrogen-bond acceptors (Lipinski definition) is 2. The number of benzene rings is 1. The summed E-state index contributed by atoms with van der Waals surface area (Å²) in [6.07, 6.45) is 0. The summed E-state index contributed by atoms with van der Waals surface area (Å²) in [7, 11) is 1.61. The van der Waals surface area contributed by atoms with Crippen molar-refractivity contribution in [3.63, 3.8) is 0 Å². The van der Waals surface area contributed by atoms with Gasteiger partial charge in [0.25, 0.3) is 0 Å². The van der Waals surface area contributed by atoms with Crippen LogP contribution in [0.25, 0.3) is 0 Å². The largest absolute Gasteiger partial charge is 0.384 e. The van der Waals surface area contributed by atoms with Crippen LogP contribution >= 0.6 is 0 Å². The summed E-state index contributed by atoms with van der Waals surface area (Å²) in [5.74, 6) is -1.76. The maximum Gasteiger partial charge on any atom is 0.150 e. The Kier molecular flexibility index (Phi) is 3.47. The highest BCUT2D eigenvalue weighted by Crippen LogP contribution is 2.25. The first-order chi connectivity index (χ1) is 7.34. The summed E-state index contributed by atoms with van der Waals surface area (Å²) in [4.78, 5) is 1.49. The predicted molar refractivity (Wildman–Crippen MR) is 60.9 cm³/mol. The minimum Gasteiger partial charge on any atom is -0.384 e. The third-order valence-electron chi connectivity index (χ3n) is 2.46. The van der Waals surface area contributed by atoms with Gasteiger partial charge in [-0.15, -0.1) is 0 Å². The number of nitrogens with zero attached hydrogens (tertiary/aromatic N) is 1. The van der Waals surface area contributed by atoms with Crippen LogP contribution in [0.15, 0.2) is 12.1 Å². The summed E-state index contributed by atoms with van der Waals surface area (Å²) in [5, 5.41) is 7.12. The number of amidine groups is 1. The Labute approximate surface area is 93.4 Å². The smallest absolute Gasteiger partial charge is 0.150 e. The molecule has 0 unspecified atom stereocenters. The van der Waals surface area contributed by atoms with Gasteiger partial charge in [0.2, 0.25) is 0 Å². The van der Waals surface area contributed by atoms with Gasteiger partial charge in [0.1, 0.15) is 23.2 Å². The molecule has 0 atom stereocenters. The molecule has 0 radical (unpaired) electrons. The van der Waals surface area contributed by atoms with Crippen molar-refractivity contribution in [3.05, 3.63) is 29.3 Å². The normalized spacial score (nSPS) is 10.6. The van der Waals surface area contributed by atoms with Gasteiger partial charge < -0.3 is 10.6 Å². The van der Waals surface area contributed by atoms with Crippen LogP contribution < -0.4 is 10.6 Å². The van der Waals surface area contributed by atoms with Crippen LogP contribution in [0.1, 0.15) is 19.4 Å². The van der Waals surface area contributed by atoms with Gasteiger partial charge in [-0.1, -0.05) is 0 Å². The van der Waals surface area contributed by atoms with Crippen molar-refractivity contribution in [1.82, 2.24) is 0 Å². The molecule has 3 N–H and O–H groups in total. The first-order valence-corrected chi connectivity index (χ1v) is 4.91. The average molecular weight is 227 g/mol. The van der Waals surface area contributed by atoms with Crippen LogP contribution in [0.4, 0.5) is 14.5 Å². The highest BCUT2D eigenvalue weighted by molar-refractivity contribution is 5.95. The van der Waals surface area contributed by atoms with Crippen molar-refractivity contribution < 1.29 is 8.78 Å². The standard InChI is InChI=1S/C11H15F2N3/c1-6(2)16(3)10-8(12)4-7(11(14)15)5-9(10)13/h4-6H,1-3H3,(H3,14,15). The molecule has 88 valence electrons.